The number of nitrogens with zero attached hydrogens (tertiary/aromatic N) is 1. The van der Waals surface area contributed by atoms with E-state index < -0.39 is 0 Å². The van der Waals surface area contributed by atoms with Crippen molar-refractivity contribution in [3.8, 4) is 0 Å². The second-order valence-electron chi connectivity index (χ2n) is 6.00. The SMILES string of the molecule is COCC(NCc1ccc(N2CCCC2=O)cc1)C(C)C. The number of hydrogen-bond donors (Lipinski definition) is 1. The van der Waals surface area contributed by atoms with Crippen molar-refractivity contribution < 1.29 is 9.53 Å². The topological polar surface area (TPSA) is 41.6 Å². The summed E-state index contributed by atoms with van der Waals surface area (Å²) >= 11 is 0. The summed E-state index contributed by atoms with van der Waals surface area (Å²) in [5.74, 6) is 0.771. The Morgan fingerprint density at radius 2 is 2.00 bits per heavy atom. The van der Waals surface area contributed by atoms with Crippen LogP contribution in [0.1, 0.15) is 32.3 Å². The van der Waals surface area contributed by atoms with Gasteiger partial charge in [0.1, 0.15) is 0 Å². The number of rotatable bonds is 7. The molecular formula is C17H26N2O2. The second kappa shape index (κ2) is 7.57. The van der Waals surface area contributed by atoms with Gasteiger partial charge in [0.2, 0.25) is 5.91 Å². The van der Waals surface area contributed by atoms with E-state index in [-0.39, 0.29) is 5.91 Å². The first-order valence-corrected chi connectivity index (χ1v) is 7.73. The third-order valence-electron chi connectivity index (χ3n) is 4.04. The van der Waals surface area contributed by atoms with Gasteiger partial charge < -0.3 is 15.0 Å². The Labute approximate surface area is 127 Å². The van der Waals surface area contributed by atoms with Gasteiger partial charge in [-0.1, -0.05) is 26.0 Å². The van der Waals surface area contributed by atoms with Crippen molar-refractivity contribution in [1.82, 2.24) is 5.32 Å². The van der Waals surface area contributed by atoms with Gasteiger partial charge >= 0.3 is 0 Å². The van der Waals surface area contributed by atoms with Crippen LogP contribution in [0, 0.1) is 5.92 Å². The van der Waals surface area contributed by atoms with Crippen LogP contribution in [0.3, 0.4) is 0 Å². The quantitative estimate of drug-likeness (QED) is 0.839. The van der Waals surface area contributed by atoms with Crippen molar-refractivity contribution in [2.24, 2.45) is 5.92 Å². The van der Waals surface area contributed by atoms with Gasteiger partial charge in [0, 0.05) is 38.3 Å². The number of hydrogen-bond acceptors (Lipinski definition) is 3. The van der Waals surface area contributed by atoms with E-state index in [0.717, 1.165) is 31.8 Å². The van der Waals surface area contributed by atoms with Crippen molar-refractivity contribution in [3.63, 3.8) is 0 Å². The van der Waals surface area contributed by atoms with Crippen molar-refractivity contribution in [3.05, 3.63) is 29.8 Å². The number of ether oxygens (including phenoxy) is 1. The molecule has 0 aromatic heterocycles. The fourth-order valence-electron chi connectivity index (χ4n) is 2.63. The Kier molecular flexibility index (Phi) is 5.76. The van der Waals surface area contributed by atoms with Gasteiger partial charge in [0.15, 0.2) is 0 Å². The molecule has 1 saturated heterocycles. The van der Waals surface area contributed by atoms with E-state index in [9.17, 15) is 4.79 Å². The lowest BCUT2D eigenvalue weighted by atomic mass is 10.0. The molecule has 0 saturated carbocycles. The number of amides is 1. The molecule has 1 fully saturated rings. The molecule has 1 aliphatic heterocycles. The molecule has 1 aliphatic rings. The Morgan fingerprint density at radius 1 is 1.29 bits per heavy atom. The lowest BCUT2D eigenvalue weighted by Gasteiger charge is -2.22. The molecule has 21 heavy (non-hydrogen) atoms. The lowest BCUT2D eigenvalue weighted by Crippen LogP contribution is -2.37. The predicted molar refractivity (Wildman–Crippen MR) is 85.4 cm³/mol. The average molecular weight is 290 g/mol. The van der Waals surface area contributed by atoms with Crippen LogP contribution in [0.2, 0.25) is 0 Å². The number of nitrogens with one attached hydrogen (secondary N) is 1. The number of carbonyl (C=O) groups is 1. The van der Waals surface area contributed by atoms with Crippen LogP contribution in [0.15, 0.2) is 24.3 Å². The summed E-state index contributed by atoms with van der Waals surface area (Å²) < 4.78 is 5.25. The van der Waals surface area contributed by atoms with E-state index in [0.29, 0.717) is 18.4 Å². The van der Waals surface area contributed by atoms with Gasteiger partial charge in [-0.25, -0.2) is 0 Å². The van der Waals surface area contributed by atoms with E-state index in [4.69, 9.17) is 4.74 Å². The molecule has 1 N–H and O–H groups in total. The summed E-state index contributed by atoms with van der Waals surface area (Å²) in [6.07, 6.45) is 1.64. The van der Waals surface area contributed by atoms with Gasteiger partial charge in [-0.3, -0.25) is 4.79 Å². The van der Waals surface area contributed by atoms with Crippen LogP contribution >= 0.6 is 0 Å². The summed E-state index contributed by atoms with van der Waals surface area (Å²) in [7, 11) is 1.74. The highest BCUT2D eigenvalue weighted by Gasteiger charge is 2.21. The van der Waals surface area contributed by atoms with Crippen molar-refractivity contribution in [2.75, 3.05) is 25.2 Å². The van der Waals surface area contributed by atoms with Crippen molar-refractivity contribution in [2.45, 2.75) is 39.3 Å². The van der Waals surface area contributed by atoms with E-state index >= 15 is 0 Å². The highest BCUT2D eigenvalue weighted by atomic mass is 16.5. The van der Waals surface area contributed by atoms with Crippen LogP contribution < -0.4 is 10.2 Å². The highest BCUT2D eigenvalue weighted by molar-refractivity contribution is 5.95. The van der Waals surface area contributed by atoms with Gasteiger partial charge in [0.05, 0.1) is 6.61 Å². The molecular weight excluding hydrogens is 264 g/mol. The summed E-state index contributed by atoms with van der Waals surface area (Å²) in [6.45, 7) is 6.77. The van der Waals surface area contributed by atoms with Gasteiger partial charge in [-0.15, -0.1) is 0 Å². The Bertz CT molecular complexity index is 456. The summed E-state index contributed by atoms with van der Waals surface area (Å²) in [6, 6.07) is 8.63. The fraction of sp³-hybridized carbons (Fsp3) is 0.588. The largest absolute Gasteiger partial charge is 0.383 e. The zero-order chi connectivity index (χ0) is 15.2. The van der Waals surface area contributed by atoms with E-state index in [1.165, 1.54) is 5.56 Å². The summed E-state index contributed by atoms with van der Waals surface area (Å²) in [4.78, 5) is 13.6. The molecule has 1 atom stereocenters. The molecule has 0 spiro atoms. The molecule has 1 aromatic rings. The van der Waals surface area contributed by atoms with Crippen LogP contribution in [0.4, 0.5) is 5.69 Å². The lowest BCUT2D eigenvalue weighted by molar-refractivity contribution is -0.117. The maximum absolute atomic E-state index is 11.7. The maximum atomic E-state index is 11.7. The Balaban J connectivity index is 1.91. The first kappa shape index (κ1) is 16.0. The molecule has 1 heterocycles. The van der Waals surface area contributed by atoms with Crippen LogP contribution in [0.5, 0.6) is 0 Å². The number of anilines is 1. The first-order chi connectivity index (χ1) is 10.1. The molecule has 0 bridgehead atoms. The predicted octanol–water partition coefficient (Wildman–Crippen LogP) is 2.57. The maximum Gasteiger partial charge on any atom is 0.227 e. The minimum absolute atomic E-state index is 0.237. The normalized spacial score (nSPS) is 16.8. The number of benzene rings is 1. The minimum Gasteiger partial charge on any atom is -0.383 e. The molecule has 0 aliphatic carbocycles. The zero-order valence-corrected chi connectivity index (χ0v) is 13.3. The highest BCUT2D eigenvalue weighted by Crippen LogP contribution is 2.21. The molecule has 0 radical (unpaired) electrons. The molecule has 116 valence electrons. The van der Waals surface area contributed by atoms with Crippen molar-refractivity contribution >= 4 is 11.6 Å². The fourth-order valence-corrected chi connectivity index (χ4v) is 2.63. The first-order valence-electron chi connectivity index (χ1n) is 7.73. The Hall–Kier alpha value is -1.39. The summed E-state index contributed by atoms with van der Waals surface area (Å²) in [5, 5.41) is 3.53. The molecule has 1 unspecified atom stereocenters. The van der Waals surface area contributed by atoms with Gasteiger partial charge in [-0.05, 0) is 30.0 Å². The smallest absolute Gasteiger partial charge is 0.227 e. The molecule has 2 rings (SSSR count). The van der Waals surface area contributed by atoms with Crippen molar-refractivity contribution in [1.29, 1.82) is 0 Å². The Morgan fingerprint density at radius 3 is 2.52 bits per heavy atom. The summed E-state index contributed by atoms with van der Waals surface area (Å²) in [5.41, 5.74) is 2.24. The molecule has 1 amide bonds. The minimum atomic E-state index is 0.237. The molecule has 4 heteroatoms. The second-order valence-corrected chi connectivity index (χ2v) is 6.00. The van der Waals surface area contributed by atoms with Crippen LogP contribution in [0.25, 0.3) is 0 Å². The average Bonchev–Trinajstić information content (AvgIpc) is 2.90. The zero-order valence-electron chi connectivity index (χ0n) is 13.3. The van der Waals surface area contributed by atoms with Gasteiger partial charge in [0.25, 0.3) is 0 Å². The number of methoxy groups -OCH3 is 1. The number of carbonyl (C=O) groups excluding carboxylic acids is 1. The van der Waals surface area contributed by atoms with Crippen LogP contribution in [-0.4, -0.2) is 32.2 Å². The third kappa shape index (κ3) is 4.29. The third-order valence-corrected chi connectivity index (χ3v) is 4.04. The monoisotopic (exact) mass is 290 g/mol. The molecule has 4 nitrogen and oxygen atoms in total. The van der Waals surface area contributed by atoms with Gasteiger partial charge in [-0.2, -0.15) is 0 Å². The van der Waals surface area contributed by atoms with E-state index in [2.05, 4.69) is 31.3 Å². The van der Waals surface area contributed by atoms with Crippen LogP contribution in [-0.2, 0) is 16.1 Å². The standard InChI is InChI=1S/C17H26N2O2/c1-13(2)16(12-21-3)18-11-14-6-8-15(9-7-14)19-10-4-5-17(19)20/h6-9,13,16,18H,4-5,10-12H2,1-3H3. The van der Waals surface area contributed by atoms with E-state index in [1.54, 1.807) is 7.11 Å². The molecule has 1 aromatic carbocycles. The van der Waals surface area contributed by atoms with E-state index in [1.807, 2.05) is 17.0 Å².